The maximum Gasteiger partial charge on any atom is 0.289 e. The van der Waals surface area contributed by atoms with E-state index in [2.05, 4.69) is 26.2 Å². The number of carbonyl (C=O) groups excluding carboxylic acids is 1. The van der Waals surface area contributed by atoms with E-state index in [1.54, 1.807) is 13.8 Å². The van der Waals surface area contributed by atoms with Crippen molar-refractivity contribution in [3.8, 4) is 0 Å². The highest BCUT2D eigenvalue weighted by atomic mass is 79.9. The highest BCUT2D eigenvalue weighted by Crippen LogP contribution is 2.11. The lowest BCUT2D eigenvalue weighted by Gasteiger charge is -2.05. The van der Waals surface area contributed by atoms with Crippen LogP contribution in [0.15, 0.2) is 28.7 Å². The SMILES string of the molecule is Cc1nc(C)c(C(=O)NCc2cccc(CBr)c2)o1. The summed E-state index contributed by atoms with van der Waals surface area (Å²) in [6.45, 7) is 3.96. The van der Waals surface area contributed by atoms with Crippen LogP contribution in [0, 0.1) is 13.8 Å². The molecule has 1 N–H and O–H groups in total. The van der Waals surface area contributed by atoms with E-state index in [0.717, 1.165) is 10.9 Å². The third kappa shape index (κ3) is 3.44. The first kappa shape index (κ1) is 13.8. The highest BCUT2D eigenvalue weighted by Gasteiger charge is 2.15. The van der Waals surface area contributed by atoms with Crippen LogP contribution in [0.4, 0.5) is 0 Å². The molecular weight excluding hydrogens is 308 g/mol. The maximum absolute atomic E-state index is 12.0. The molecule has 2 rings (SSSR count). The molecule has 5 heteroatoms. The molecule has 1 aromatic heterocycles. The van der Waals surface area contributed by atoms with Crippen molar-refractivity contribution in [2.24, 2.45) is 0 Å². The summed E-state index contributed by atoms with van der Waals surface area (Å²) < 4.78 is 5.28. The monoisotopic (exact) mass is 322 g/mol. The van der Waals surface area contributed by atoms with Crippen LogP contribution in [0.25, 0.3) is 0 Å². The molecule has 0 spiro atoms. The summed E-state index contributed by atoms with van der Waals surface area (Å²) in [5.41, 5.74) is 2.85. The van der Waals surface area contributed by atoms with E-state index in [9.17, 15) is 4.79 Å². The fourth-order valence-electron chi connectivity index (χ4n) is 1.83. The van der Waals surface area contributed by atoms with Gasteiger partial charge in [-0.05, 0) is 18.1 Å². The number of oxazole rings is 1. The number of benzene rings is 1. The van der Waals surface area contributed by atoms with E-state index in [0.29, 0.717) is 18.1 Å². The largest absolute Gasteiger partial charge is 0.436 e. The molecule has 19 heavy (non-hydrogen) atoms. The zero-order valence-electron chi connectivity index (χ0n) is 10.9. The molecule has 0 bridgehead atoms. The van der Waals surface area contributed by atoms with E-state index in [1.807, 2.05) is 24.3 Å². The quantitative estimate of drug-likeness (QED) is 0.880. The fourth-order valence-corrected chi connectivity index (χ4v) is 2.18. The van der Waals surface area contributed by atoms with Crippen molar-refractivity contribution in [1.82, 2.24) is 10.3 Å². The Hall–Kier alpha value is -1.62. The van der Waals surface area contributed by atoms with Gasteiger partial charge in [-0.25, -0.2) is 4.98 Å². The topological polar surface area (TPSA) is 55.1 Å². The molecule has 100 valence electrons. The lowest BCUT2D eigenvalue weighted by Crippen LogP contribution is -2.23. The fraction of sp³-hybridized carbons (Fsp3) is 0.286. The number of nitrogens with zero attached hydrogens (tertiary/aromatic N) is 1. The first-order chi connectivity index (χ1) is 9.10. The molecule has 1 amide bonds. The van der Waals surface area contributed by atoms with Crippen LogP contribution in [0.3, 0.4) is 0 Å². The zero-order chi connectivity index (χ0) is 13.8. The molecule has 1 heterocycles. The molecule has 0 fully saturated rings. The zero-order valence-corrected chi connectivity index (χ0v) is 12.5. The molecule has 0 radical (unpaired) electrons. The minimum absolute atomic E-state index is 0.234. The molecule has 0 saturated heterocycles. The van der Waals surface area contributed by atoms with Crippen LogP contribution in [0.1, 0.15) is 33.3 Å². The van der Waals surface area contributed by atoms with Crippen molar-refractivity contribution in [3.63, 3.8) is 0 Å². The average molecular weight is 323 g/mol. The second-order valence-corrected chi connectivity index (χ2v) is 4.84. The van der Waals surface area contributed by atoms with Crippen molar-refractivity contribution in [1.29, 1.82) is 0 Å². The van der Waals surface area contributed by atoms with Crippen LogP contribution in [-0.4, -0.2) is 10.9 Å². The summed E-state index contributed by atoms with van der Waals surface area (Å²) >= 11 is 3.41. The summed E-state index contributed by atoms with van der Waals surface area (Å²) in [5, 5.41) is 3.63. The third-order valence-electron chi connectivity index (χ3n) is 2.71. The smallest absolute Gasteiger partial charge is 0.289 e. The van der Waals surface area contributed by atoms with E-state index in [1.165, 1.54) is 5.56 Å². The van der Waals surface area contributed by atoms with Gasteiger partial charge in [-0.2, -0.15) is 0 Å². The number of alkyl halides is 1. The van der Waals surface area contributed by atoms with Crippen molar-refractivity contribution in [2.45, 2.75) is 25.7 Å². The van der Waals surface area contributed by atoms with Crippen molar-refractivity contribution in [3.05, 3.63) is 52.7 Å². The molecule has 4 nitrogen and oxygen atoms in total. The van der Waals surface area contributed by atoms with Crippen LogP contribution < -0.4 is 5.32 Å². The van der Waals surface area contributed by atoms with Gasteiger partial charge >= 0.3 is 0 Å². The van der Waals surface area contributed by atoms with Gasteiger partial charge in [-0.15, -0.1) is 0 Å². The minimum Gasteiger partial charge on any atom is -0.436 e. The van der Waals surface area contributed by atoms with Crippen LogP contribution in [-0.2, 0) is 11.9 Å². The van der Waals surface area contributed by atoms with Crippen molar-refractivity contribution in [2.75, 3.05) is 0 Å². The molecule has 0 atom stereocenters. The number of aromatic nitrogens is 1. The van der Waals surface area contributed by atoms with Gasteiger partial charge in [0.15, 0.2) is 5.89 Å². The van der Waals surface area contributed by atoms with Crippen LogP contribution in [0.5, 0.6) is 0 Å². The molecule has 1 aromatic carbocycles. The summed E-state index contributed by atoms with van der Waals surface area (Å²) in [5.74, 6) is 0.556. The minimum atomic E-state index is -0.234. The van der Waals surface area contributed by atoms with Gasteiger partial charge in [0.2, 0.25) is 5.76 Å². The van der Waals surface area contributed by atoms with Gasteiger partial charge in [0, 0.05) is 18.8 Å². The van der Waals surface area contributed by atoms with Gasteiger partial charge in [0.1, 0.15) is 0 Å². The van der Waals surface area contributed by atoms with Gasteiger partial charge in [0.25, 0.3) is 5.91 Å². The first-order valence-corrected chi connectivity index (χ1v) is 7.08. The summed E-state index contributed by atoms with van der Waals surface area (Å²) in [7, 11) is 0. The molecule has 2 aromatic rings. The van der Waals surface area contributed by atoms with Gasteiger partial charge in [-0.1, -0.05) is 40.2 Å². The summed E-state index contributed by atoms with van der Waals surface area (Å²) in [4.78, 5) is 16.0. The Morgan fingerprint density at radius 1 is 1.37 bits per heavy atom. The average Bonchev–Trinajstić information content (AvgIpc) is 2.75. The Morgan fingerprint density at radius 3 is 2.74 bits per heavy atom. The number of amides is 1. The molecule has 0 unspecified atom stereocenters. The van der Waals surface area contributed by atoms with Gasteiger partial charge in [0.05, 0.1) is 5.69 Å². The van der Waals surface area contributed by atoms with E-state index in [-0.39, 0.29) is 11.7 Å². The Labute approximate surface area is 120 Å². The standard InChI is InChI=1S/C14H15BrN2O2/c1-9-13(19-10(2)17-9)14(18)16-8-12-5-3-4-11(6-12)7-15/h3-6H,7-8H2,1-2H3,(H,16,18). The number of hydrogen-bond donors (Lipinski definition) is 1. The second kappa shape index (κ2) is 6.02. The summed E-state index contributed by atoms with van der Waals surface area (Å²) in [6.07, 6.45) is 0. The number of nitrogens with one attached hydrogen (secondary N) is 1. The van der Waals surface area contributed by atoms with E-state index >= 15 is 0 Å². The number of hydrogen-bond acceptors (Lipinski definition) is 3. The van der Waals surface area contributed by atoms with Gasteiger partial charge in [-0.3, -0.25) is 4.79 Å². The molecule has 0 aliphatic carbocycles. The third-order valence-corrected chi connectivity index (χ3v) is 3.36. The van der Waals surface area contributed by atoms with Crippen LogP contribution in [0.2, 0.25) is 0 Å². The Kier molecular flexibility index (Phi) is 4.37. The molecule has 0 aliphatic heterocycles. The molecular formula is C14H15BrN2O2. The van der Waals surface area contributed by atoms with Crippen LogP contribution >= 0.6 is 15.9 Å². The molecule has 0 aliphatic rings. The van der Waals surface area contributed by atoms with Crippen molar-refractivity contribution < 1.29 is 9.21 Å². The van der Waals surface area contributed by atoms with E-state index < -0.39 is 0 Å². The second-order valence-electron chi connectivity index (χ2n) is 4.28. The first-order valence-electron chi connectivity index (χ1n) is 5.96. The predicted octanol–water partition coefficient (Wildman–Crippen LogP) is 3.12. The Bertz CT molecular complexity index is 593. The lowest BCUT2D eigenvalue weighted by atomic mass is 10.1. The predicted molar refractivity (Wildman–Crippen MR) is 76.2 cm³/mol. The maximum atomic E-state index is 12.0. The Morgan fingerprint density at radius 2 is 2.11 bits per heavy atom. The van der Waals surface area contributed by atoms with Crippen molar-refractivity contribution >= 4 is 21.8 Å². The molecule has 0 saturated carbocycles. The number of carbonyl (C=O) groups is 1. The van der Waals surface area contributed by atoms with E-state index in [4.69, 9.17) is 4.42 Å². The normalized spacial score (nSPS) is 10.5. The highest BCUT2D eigenvalue weighted by molar-refractivity contribution is 9.08. The van der Waals surface area contributed by atoms with Gasteiger partial charge < -0.3 is 9.73 Å². The number of aryl methyl sites for hydroxylation is 2. The number of halogens is 1. The summed E-state index contributed by atoms with van der Waals surface area (Å²) in [6, 6.07) is 8.03. The Balaban J connectivity index is 2.02. The number of rotatable bonds is 4. The lowest BCUT2D eigenvalue weighted by molar-refractivity contribution is 0.0921.